The quantitative estimate of drug-likeness (QED) is 0.706. The molecule has 0 radical (unpaired) electrons. The number of nitrogens with zero attached hydrogens (tertiary/aromatic N) is 4. The van der Waals surface area contributed by atoms with Crippen LogP contribution in [0.3, 0.4) is 0 Å². The van der Waals surface area contributed by atoms with Gasteiger partial charge >= 0.3 is 0 Å². The van der Waals surface area contributed by atoms with E-state index in [1.54, 1.807) is 0 Å². The molecule has 0 spiro atoms. The number of anilines is 1. The monoisotopic (exact) mass is 391 g/mol. The molecule has 1 aromatic carbocycles. The highest BCUT2D eigenvalue weighted by Crippen LogP contribution is 2.31. The molecule has 1 aliphatic rings. The number of nitrogens with one attached hydrogen (secondary N) is 1. The molecular formula is C23H29N5O. The number of benzene rings is 1. The number of aromatic nitrogens is 4. The number of hydrogen-bond donors (Lipinski definition) is 1. The molecule has 0 aliphatic heterocycles. The molecule has 2 aromatic heterocycles. The zero-order chi connectivity index (χ0) is 20.5. The average Bonchev–Trinajstić information content (AvgIpc) is 3.12. The third-order valence-corrected chi connectivity index (χ3v) is 6.03. The van der Waals surface area contributed by atoms with Crippen LogP contribution in [0.5, 0.6) is 0 Å². The molecule has 2 heterocycles. The van der Waals surface area contributed by atoms with Crippen molar-refractivity contribution in [2.24, 2.45) is 0 Å². The number of carbonyl (C=O) groups excluding carboxylic acids is 1. The highest BCUT2D eigenvalue weighted by atomic mass is 16.1. The van der Waals surface area contributed by atoms with Crippen LogP contribution in [-0.2, 0) is 11.2 Å². The lowest BCUT2D eigenvalue weighted by Crippen LogP contribution is -2.18. The topological polar surface area (TPSA) is 72.2 Å². The number of rotatable bonds is 4. The lowest BCUT2D eigenvalue weighted by atomic mass is 9.89. The summed E-state index contributed by atoms with van der Waals surface area (Å²) < 4.78 is 1.82. The van der Waals surface area contributed by atoms with E-state index in [0.717, 1.165) is 46.9 Å². The van der Waals surface area contributed by atoms with Gasteiger partial charge in [-0.2, -0.15) is 4.98 Å². The summed E-state index contributed by atoms with van der Waals surface area (Å²) in [7, 11) is 0. The Labute approximate surface area is 171 Å². The molecule has 6 heteroatoms. The smallest absolute Gasteiger partial charge is 0.252 e. The molecule has 1 saturated carbocycles. The second kappa shape index (κ2) is 7.93. The summed E-state index contributed by atoms with van der Waals surface area (Å²) in [5, 5.41) is 7.80. The number of fused-ring (bicyclic) bond motifs is 1. The molecule has 1 N–H and O–H groups in total. The van der Waals surface area contributed by atoms with Gasteiger partial charge in [0.15, 0.2) is 5.82 Å². The highest BCUT2D eigenvalue weighted by Gasteiger charge is 2.22. The summed E-state index contributed by atoms with van der Waals surface area (Å²) in [6, 6.07) is 6.04. The van der Waals surface area contributed by atoms with Gasteiger partial charge in [-0.25, -0.2) is 9.50 Å². The first kappa shape index (κ1) is 19.6. The number of amides is 1. The number of hydrogen-bond acceptors (Lipinski definition) is 4. The Morgan fingerprint density at radius 1 is 1.10 bits per heavy atom. The third-order valence-electron chi connectivity index (χ3n) is 6.03. The van der Waals surface area contributed by atoms with Crippen LogP contribution < -0.4 is 5.32 Å². The molecule has 4 rings (SSSR count). The van der Waals surface area contributed by atoms with Gasteiger partial charge < -0.3 is 5.32 Å². The maximum Gasteiger partial charge on any atom is 0.252 e. The SMILES string of the molecule is Cc1ccc(NC(=O)Cc2c(C)nc3nc(C4CCCCC4)nn3c2C)c(C)c1. The molecule has 0 bridgehead atoms. The summed E-state index contributed by atoms with van der Waals surface area (Å²) >= 11 is 0. The van der Waals surface area contributed by atoms with Gasteiger partial charge in [-0.3, -0.25) is 4.79 Å². The minimum absolute atomic E-state index is 0.0445. The van der Waals surface area contributed by atoms with E-state index in [1.165, 1.54) is 24.8 Å². The van der Waals surface area contributed by atoms with Crippen molar-refractivity contribution in [1.29, 1.82) is 0 Å². The maximum absolute atomic E-state index is 12.7. The first-order valence-electron chi connectivity index (χ1n) is 10.5. The molecule has 6 nitrogen and oxygen atoms in total. The zero-order valence-corrected chi connectivity index (χ0v) is 17.7. The lowest BCUT2D eigenvalue weighted by Gasteiger charge is -2.17. The predicted octanol–water partition coefficient (Wildman–Crippen LogP) is 4.59. The van der Waals surface area contributed by atoms with Crippen LogP contribution in [-0.4, -0.2) is 25.5 Å². The Balaban J connectivity index is 1.58. The standard InChI is InChI=1S/C23H29N5O/c1-14-10-11-20(15(2)12-14)25-21(29)13-19-16(3)24-23-26-22(27-28(23)17(19)4)18-8-6-5-7-9-18/h10-12,18H,5-9,13H2,1-4H3,(H,25,29). The minimum atomic E-state index is -0.0445. The molecule has 1 amide bonds. The van der Waals surface area contributed by atoms with Crippen LogP contribution in [0.1, 0.15) is 71.9 Å². The van der Waals surface area contributed by atoms with E-state index >= 15 is 0 Å². The van der Waals surface area contributed by atoms with Crippen molar-refractivity contribution in [2.75, 3.05) is 5.32 Å². The molecule has 3 aromatic rings. The van der Waals surface area contributed by atoms with Gasteiger partial charge in [0.1, 0.15) is 0 Å². The van der Waals surface area contributed by atoms with E-state index in [9.17, 15) is 4.79 Å². The van der Waals surface area contributed by atoms with E-state index in [2.05, 4.69) is 16.4 Å². The Morgan fingerprint density at radius 3 is 2.59 bits per heavy atom. The van der Waals surface area contributed by atoms with Gasteiger partial charge in [-0.05, 0) is 52.2 Å². The van der Waals surface area contributed by atoms with E-state index in [0.29, 0.717) is 11.7 Å². The molecular weight excluding hydrogens is 362 g/mol. The van der Waals surface area contributed by atoms with E-state index < -0.39 is 0 Å². The average molecular weight is 392 g/mol. The molecule has 1 fully saturated rings. The first-order chi connectivity index (χ1) is 13.9. The van der Waals surface area contributed by atoms with Crippen molar-refractivity contribution in [3.63, 3.8) is 0 Å². The van der Waals surface area contributed by atoms with Crippen LogP contribution in [0.2, 0.25) is 0 Å². The number of aryl methyl sites for hydroxylation is 4. The van der Waals surface area contributed by atoms with Crippen molar-refractivity contribution < 1.29 is 4.79 Å². The Hall–Kier alpha value is -2.76. The second-order valence-corrected chi connectivity index (χ2v) is 8.32. The number of carbonyl (C=O) groups is 1. The van der Waals surface area contributed by atoms with Gasteiger partial charge in [-0.15, -0.1) is 5.10 Å². The fourth-order valence-electron chi connectivity index (χ4n) is 4.32. The molecule has 0 unspecified atom stereocenters. The normalized spacial score (nSPS) is 15.0. The molecule has 1 aliphatic carbocycles. The zero-order valence-electron chi connectivity index (χ0n) is 17.7. The summed E-state index contributed by atoms with van der Waals surface area (Å²) in [6.45, 7) is 8.00. The molecule has 0 saturated heterocycles. The van der Waals surface area contributed by atoms with Crippen molar-refractivity contribution in [2.45, 2.75) is 72.1 Å². The fourth-order valence-corrected chi connectivity index (χ4v) is 4.32. The highest BCUT2D eigenvalue weighted by molar-refractivity contribution is 5.93. The lowest BCUT2D eigenvalue weighted by molar-refractivity contribution is -0.115. The molecule has 29 heavy (non-hydrogen) atoms. The van der Waals surface area contributed by atoms with Gasteiger partial charge in [0.25, 0.3) is 5.78 Å². The van der Waals surface area contributed by atoms with Crippen molar-refractivity contribution in [1.82, 2.24) is 19.6 Å². The predicted molar refractivity (Wildman–Crippen MR) is 114 cm³/mol. The van der Waals surface area contributed by atoms with Gasteiger partial charge in [0.05, 0.1) is 6.42 Å². The van der Waals surface area contributed by atoms with Crippen LogP contribution in [0, 0.1) is 27.7 Å². The first-order valence-corrected chi connectivity index (χ1v) is 10.5. The van der Waals surface area contributed by atoms with Crippen LogP contribution >= 0.6 is 0 Å². The maximum atomic E-state index is 12.7. The van der Waals surface area contributed by atoms with Gasteiger partial charge in [0, 0.05) is 28.6 Å². The van der Waals surface area contributed by atoms with Crippen molar-refractivity contribution >= 4 is 17.4 Å². The van der Waals surface area contributed by atoms with E-state index in [4.69, 9.17) is 10.1 Å². The second-order valence-electron chi connectivity index (χ2n) is 8.32. The summed E-state index contributed by atoms with van der Waals surface area (Å²) in [4.78, 5) is 22.1. The van der Waals surface area contributed by atoms with Gasteiger partial charge in [-0.1, -0.05) is 37.0 Å². The van der Waals surface area contributed by atoms with Gasteiger partial charge in [0.2, 0.25) is 5.91 Å². The summed E-state index contributed by atoms with van der Waals surface area (Å²) in [6.07, 6.45) is 6.37. The third kappa shape index (κ3) is 4.02. The molecule has 152 valence electrons. The fraction of sp³-hybridized carbons (Fsp3) is 0.478. The summed E-state index contributed by atoms with van der Waals surface area (Å²) in [5.74, 6) is 1.93. The molecule has 0 atom stereocenters. The Kier molecular flexibility index (Phi) is 5.35. The largest absolute Gasteiger partial charge is 0.326 e. The Morgan fingerprint density at radius 2 is 1.86 bits per heavy atom. The van der Waals surface area contributed by atoms with E-state index in [-0.39, 0.29) is 12.3 Å². The van der Waals surface area contributed by atoms with Crippen molar-refractivity contribution in [3.05, 3.63) is 52.1 Å². The van der Waals surface area contributed by atoms with Crippen LogP contribution in [0.25, 0.3) is 5.78 Å². The Bertz CT molecular complexity index is 1060. The van der Waals surface area contributed by atoms with Crippen LogP contribution in [0.15, 0.2) is 18.2 Å². The van der Waals surface area contributed by atoms with Crippen molar-refractivity contribution in [3.8, 4) is 0 Å². The minimum Gasteiger partial charge on any atom is -0.326 e. The summed E-state index contributed by atoms with van der Waals surface area (Å²) in [5.41, 5.74) is 5.80. The van der Waals surface area contributed by atoms with E-state index in [1.807, 2.05) is 44.3 Å². The van der Waals surface area contributed by atoms with Crippen LogP contribution in [0.4, 0.5) is 5.69 Å².